The van der Waals surface area contributed by atoms with Crippen LogP contribution in [0.5, 0.6) is 0 Å². The summed E-state index contributed by atoms with van der Waals surface area (Å²) in [5.74, 6) is -0.0961. The van der Waals surface area contributed by atoms with Crippen molar-refractivity contribution in [3.8, 4) is 0 Å². The van der Waals surface area contributed by atoms with E-state index in [2.05, 4.69) is 33.4 Å². The fourth-order valence-electron chi connectivity index (χ4n) is 4.81. The van der Waals surface area contributed by atoms with E-state index in [4.69, 9.17) is 4.74 Å². The Hall–Kier alpha value is -1.40. The number of hydrogen-bond acceptors (Lipinski definition) is 3. The minimum Gasteiger partial charge on any atom is -0.381 e. The van der Waals surface area contributed by atoms with Gasteiger partial charge in [0.1, 0.15) is 0 Å². The highest BCUT2D eigenvalue weighted by atomic mass is 79.9. The number of amides is 2. The molecule has 2 aliphatic heterocycles. The van der Waals surface area contributed by atoms with Crippen molar-refractivity contribution >= 4 is 27.7 Å². The molecule has 1 atom stereocenters. The van der Waals surface area contributed by atoms with Crippen LogP contribution < -0.4 is 5.32 Å². The number of carbonyl (C=O) groups is 2. The molecule has 2 heterocycles. The second kappa shape index (κ2) is 7.92. The van der Waals surface area contributed by atoms with Gasteiger partial charge in [-0.05, 0) is 43.4 Å². The molecular weight excluding hydrogens is 408 g/mol. The van der Waals surface area contributed by atoms with Crippen molar-refractivity contribution in [2.75, 3.05) is 19.8 Å². The number of benzene rings is 1. The van der Waals surface area contributed by atoms with Gasteiger partial charge in [-0.1, -0.05) is 40.9 Å². The van der Waals surface area contributed by atoms with Crippen molar-refractivity contribution in [1.29, 1.82) is 0 Å². The fourth-order valence-corrected chi connectivity index (χ4v) is 5.21. The van der Waals surface area contributed by atoms with Crippen LogP contribution in [0.1, 0.15) is 50.5 Å². The van der Waals surface area contributed by atoms with Crippen molar-refractivity contribution in [1.82, 2.24) is 10.2 Å². The van der Waals surface area contributed by atoms with Crippen LogP contribution in [0.3, 0.4) is 0 Å². The van der Waals surface area contributed by atoms with Crippen molar-refractivity contribution in [3.05, 3.63) is 34.3 Å². The van der Waals surface area contributed by atoms with Gasteiger partial charge in [-0.2, -0.15) is 0 Å². The van der Waals surface area contributed by atoms with E-state index in [0.29, 0.717) is 32.2 Å². The molecule has 1 aromatic carbocycles. The van der Waals surface area contributed by atoms with Crippen LogP contribution in [0, 0.1) is 5.92 Å². The molecule has 5 nitrogen and oxygen atoms in total. The first-order valence-corrected chi connectivity index (χ1v) is 10.8. The molecule has 0 unspecified atom stereocenters. The summed E-state index contributed by atoms with van der Waals surface area (Å²) in [6.07, 6.45) is 6.39. The summed E-state index contributed by atoms with van der Waals surface area (Å²) >= 11 is 3.54. The SMILES string of the molecule is O=C(NC1(c2cccc(Br)c2)CCOCC1)[C@@H]1CC(=O)N(C2CCCC2)C1. The Morgan fingerprint density at radius 1 is 1.22 bits per heavy atom. The average molecular weight is 435 g/mol. The maximum atomic E-state index is 13.1. The molecular formula is C21H27BrN2O3. The number of likely N-dealkylation sites (tertiary alicyclic amines) is 1. The minimum atomic E-state index is -0.414. The Labute approximate surface area is 169 Å². The van der Waals surface area contributed by atoms with Crippen LogP contribution in [0.15, 0.2) is 28.7 Å². The molecule has 1 aromatic rings. The van der Waals surface area contributed by atoms with E-state index in [1.165, 1.54) is 12.8 Å². The zero-order valence-corrected chi connectivity index (χ0v) is 17.2. The lowest BCUT2D eigenvalue weighted by atomic mass is 9.82. The number of halogens is 1. The Morgan fingerprint density at radius 3 is 2.67 bits per heavy atom. The van der Waals surface area contributed by atoms with Gasteiger partial charge in [-0.15, -0.1) is 0 Å². The van der Waals surface area contributed by atoms with E-state index in [1.54, 1.807) is 0 Å². The molecule has 1 N–H and O–H groups in total. The van der Waals surface area contributed by atoms with Gasteiger partial charge in [0.05, 0.1) is 11.5 Å². The van der Waals surface area contributed by atoms with Crippen molar-refractivity contribution in [2.24, 2.45) is 5.92 Å². The average Bonchev–Trinajstić information content (AvgIpc) is 3.32. The van der Waals surface area contributed by atoms with Crippen molar-refractivity contribution in [3.63, 3.8) is 0 Å². The van der Waals surface area contributed by atoms with E-state index in [-0.39, 0.29) is 17.7 Å². The number of ether oxygens (including phenoxy) is 1. The Kier molecular flexibility index (Phi) is 5.55. The summed E-state index contributed by atoms with van der Waals surface area (Å²) in [6, 6.07) is 8.49. The van der Waals surface area contributed by atoms with Gasteiger partial charge >= 0.3 is 0 Å². The largest absolute Gasteiger partial charge is 0.381 e. The van der Waals surface area contributed by atoms with Crippen LogP contribution in [0.2, 0.25) is 0 Å². The lowest BCUT2D eigenvalue weighted by Gasteiger charge is -2.39. The second-order valence-corrected chi connectivity index (χ2v) is 9.00. The summed E-state index contributed by atoms with van der Waals surface area (Å²) in [4.78, 5) is 27.6. The standard InChI is InChI=1S/C21H27BrN2O3/c22-17-5-3-4-16(13-17)21(8-10-27-11-9-21)23-20(26)15-12-19(25)24(14-15)18-6-1-2-7-18/h3-5,13,15,18H,1-2,6-12,14H2,(H,23,26)/t15-/m1/s1. The number of hydrogen-bond donors (Lipinski definition) is 1. The quantitative estimate of drug-likeness (QED) is 0.789. The monoisotopic (exact) mass is 434 g/mol. The molecule has 146 valence electrons. The lowest BCUT2D eigenvalue weighted by Crippen LogP contribution is -2.51. The first-order valence-electron chi connectivity index (χ1n) is 10.0. The van der Waals surface area contributed by atoms with Crippen molar-refractivity contribution < 1.29 is 14.3 Å². The second-order valence-electron chi connectivity index (χ2n) is 8.08. The van der Waals surface area contributed by atoms with E-state index in [9.17, 15) is 9.59 Å². The molecule has 0 radical (unpaired) electrons. The van der Waals surface area contributed by atoms with Gasteiger partial charge in [-0.3, -0.25) is 9.59 Å². The molecule has 1 aliphatic carbocycles. The minimum absolute atomic E-state index is 0.00530. The maximum Gasteiger partial charge on any atom is 0.226 e. The molecule has 0 aromatic heterocycles. The smallest absolute Gasteiger partial charge is 0.226 e. The molecule has 2 amide bonds. The zero-order chi connectivity index (χ0) is 18.9. The van der Waals surface area contributed by atoms with Crippen LogP contribution in [-0.2, 0) is 19.9 Å². The molecule has 2 saturated heterocycles. The Morgan fingerprint density at radius 2 is 1.96 bits per heavy atom. The van der Waals surface area contributed by atoms with Gasteiger partial charge in [0.25, 0.3) is 0 Å². The molecule has 6 heteroatoms. The number of rotatable bonds is 4. The lowest BCUT2D eigenvalue weighted by molar-refractivity contribution is -0.131. The molecule has 1 saturated carbocycles. The zero-order valence-electron chi connectivity index (χ0n) is 15.6. The van der Waals surface area contributed by atoms with Crippen LogP contribution in [-0.4, -0.2) is 42.5 Å². The summed E-state index contributed by atoms with van der Waals surface area (Å²) in [5.41, 5.74) is 0.689. The van der Waals surface area contributed by atoms with E-state index >= 15 is 0 Å². The predicted molar refractivity (Wildman–Crippen MR) is 106 cm³/mol. The summed E-state index contributed by atoms with van der Waals surface area (Å²) in [7, 11) is 0. The topological polar surface area (TPSA) is 58.6 Å². The fraction of sp³-hybridized carbons (Fsp3) is 0.619. The maximum absolute atomic E-state index is 13.1. The summed E-state index contributed by atoms with van der Waals surface area (Å²) in [5, 5.41) is 3.33. The highest BCUT2D eigenvalue weighted by Crippen LogP contribution is 2.35. The molecule has 0 spiro atoms. The number of nitrogens with one attached hydrogen (secondary N) is 1. The summed E-state index contributed by atoms with van der Waals surface area (Å²) < 4.78 is 6.56. The third kappa shape index (κ3) is 3.92. The van der Waals surface area contributed by atoms with Crippen LogP contribution >= 0.6 is 15.9 Å². The van der Waals surface area contributed by atoms with Crippen LogP contribution in [0.4, 0.5) is 0 Å². The van der Waals surface area contributed by atoms with Gasteiger partial charge in [0.2, 0.25) is 11.8 Å². The highest BCUT2D eigenvalue weighted by Gasteiger charge is 2.42. The first-order chi connectivity index (χ1) is 13.1. The number of carbonyl (C=O) groups excluding carboxylic acids is 2. The van der Waals surface area contributed by atoms with Gasteiger partial charge in [-0.25, -0.2) is 0 Å². The van der Waals surface area contributed by atoms with Gasteiger partial charge in [0, 0.05) is 36.7 Å². The normalized spacial score (nSPS) is 25.7. The Balaban J connectivity index is 1.50. The third-order valence-corrected chi connectivity index (χ3v) is 6.87. The summed E-state index contributed by atoms with van der Waals surface area (Å²) in [6.45, 7) is 1.83. The van der Waals surface area contributed by atoms with E-state index in [0.717, 1.165) is 35.7 Å². The number of nitrogens with zero attached hydrogens (tertiary/aromatic N) is 1. The first kappa shape index (κ1) is 18.9. The van der Waals surface area contributed by atoms with E-state index < -0.39 is 5.54 Å². The Bertz CT molecular complexity index is 711. The molecule has 4 rings (SSSR count). The molecule has 3 aliphatic rings. The third-order valence-electron chi connectivity index (χ3n) is 6.38. The predicted octanol–water partition coefficient (Wildman–Crippen LogP) is 3.36. The molecule has 0 bridgehead atoms. The van der Waals surface area contributed by atoms with Gasteiger partial charge < -0.3 is 15.0 Å². The molecule has 3 fully saturated rings. The van der Waals surface area contributed by atoms with Gasteiger partial charge in [0.15, 0.2) is 0 Å². The molecule has 27 heavy (non-hydrogen) atoms. The highest BCUT2D eigenvalue weighted by molar-refractivity contribution is 9.10. The van der Waals surface area contributed by atoms with E-state index in [1.807, 2.05) is 17.0 Å². The van der Waals surface area contributed by atoms with Crippen LogP contribution in [0.25, 0.3) is 0 Å². The van der Waals surface area contributed by atoms with Crippen molar-refractivity contribution in [2.45, 2.75) is 56.5 Å².